The second-order valence-corrected chi connectivity index (χ2v) is 6.62. The fourth-order valence-corrected chi connectivity index (χ4v) is 2.81. The second-order valence-electron chi connectivity index (χ2n) is 4.85. The van der Waals surface area contributed by atoms with E-state index in [4.69, 9.17) is 0 Å². The summed E-state index contributed by atoms with van der Waals surface area (Å²) in [6, 6.07) is 6.25. The third-order valence-corrected chi connectivity index (χ3v) is 4.35. The van der Waals surface area contributed by atoms with Crippen molar-refractivity contribution < 1.29 is 18.3 Å². The van der Waals surface area contributed by atoms with Crippen molar-refractivity contribution in [1.82, 2.24) is 10.0 Å². The van der Waals surface area contributed by atoms with Gasteiger partial charge in [-0.1, -0.05) is 25.5 Å². The Morgan fingerprint density at radius 3 is 2.43 bits per heavy atom. The minimum atomic E-state index is -3.62. The lowest BCUT2D eigenvalue weighted by molar-refractivity contribution is -0.119. The minimum absolute atomic E-state index is 0.00379. The molecule has 1 amide bonds. The maximum absolute atomic E-state index is 12.0. The van der Waals surface area contributed by atoms with Crippen LogP contribution < -0.4 is 10.0 Å². The SMILES string of the molecule is CCCC(O)CNS(=O)(=O)c1ccc(CNC(C)=O)cc1. The Morgan fingerprint density at radius 1 is 1.29 bits per heavy atom. The molecule has 0 saturated carbocycles. The molecule has 0 aliphatic rings. The molecule has 3 N–H and O–H groups in total. The van der Waals surface area contributed by atoms with Crippen LogP contribution >= 0.6 is 0 Å². The quantitative estimate of drug-likeness (QED) is 0.660. The van der Waals surface area contributed by atoms with Crippen LogP contribution in [0.4, 0.5) is 0 Å². The van der Waals surface area contributed by atoms with Gasteiger partial charge in [-0.05, 0) is 24.1 Å². The molecule has 6 nitrogen and oxygen atoms in total. The molecule has 0 heterocycles. The van der Waals surface area contributed by atoms with Crippen LogP contribution in [-0.4, -0.2) is 32.1 Å². The molecule has 0 fully saturated rings. The summed E-state index contributed by atoms with van der Waals surface area (Å²) in [5.41, 5.74) is 0.815. The van der Waals surface area contributed by atoms with E-state index in [0.717, 1.165) is 12.0 Å². The average molecular weight is 314 g/mol. The van der Waals surface area contributed by atoms with Gasteiger partial charge in [0.15, 0.2) is 0 Å². The molecule has 0 radical (unpaired) electrons. The summed E-state index contributed by atoms with van der Waals surface area (Å²) in [7, 11) is -3.62. The maximum Gasteiger partial charge on any atom is 0.240 e. The number of hydrogen-bond acceptors (Lipinski definition) is 4. The van der Waals surface area contributed by atoms with Gasteiger partial charge in [0.2, 0.25) is 15.9 Å². The van der Waals surface area contributed by atoms with Gasteiger partial charge in [-0.3, -0.25) is 4.79 Å². The van der Waals surface area contributed by atoms with Crippen molar-refractivity contribution in [3.8, 4) is 0 Å². The highest BCUT2D eigenvalue weighted by Gasteiger charge is 2.15. The first-order valence-electron chi connectivity index (χ1n) is 6.86. The topological polar surface area (TPSA) is 95.5 Å². The summed E-state index contributed by atoms with van der Waals surface area (Å²) < 4.78 is 26.4. The van der Waals surface area contributed by atoms with E-state index >= 15 is 0 Å². The highest BCUT2D eigenvalue weighted by molar-refractivity contribution is 7.89. The van der Waals surface area contributed by atoms with Crippen molar-refractivity contribution >= 4 is 15.9 Å². The van der Waals surface area contributed by atoms with E-state index < -0.39 is 16.1 Å². The lowest BCUT2D eigenvalue weighted by Gasteiger charge is -2.11. The lowest BCUT2D eigenvalue weighted by Crippen LogP contribution is -2.32. The van der Waals surface area contributed by atoms with E-state index in [-0.39, 0.29) is 17.3 Å². The van der Waals surface area contributed by atoms with Crippen molar-refractivity contribution in [3.05, 3.63) is 29.8 Å². The Hall–Kier alpha value is -1.44. The molecule has 0 spiro atoms. The van der Waals surface area contributed by atoms with E-state index in [1.54, 1.807) is 12.1 Å². The Labute approximate surface area is 125 Å². The number of sulfonamides is 1. The van der Waals surface area contributed by atoms with Crippen molar-refractivity contribution in [2.45, 2.75) is 44.2 Å². The second kappa shape index (κ2) is 8.11. The molecule has 0 aromatic heterocycles. The third-order valence-electron chi connectivity index (χ3n) is 2.91. The molecule has 21 heavy (non-hydrogen) atoms. The Morgan fingerprint density at radius 2 is 1.90 bits per heavy atom. The monoisotopic (exact) mass is 314 g/mol. The molecule has 1 rings (SSSR count). The first kappa shape index (κ1) is 17.6. The zero-order valence-corrected chi connectivity index (χ0v) is 13.1. The molecule has 0 aliphatic carbocycles. The minimum Gasteiger partial charge on any atom is -0.392 e. The largest absolute Gasteiger partial charge is 0.392 e. The standard InChI is InChI=1S/C14H22N2O4S/c1-3-4-13(18)10-16-21(19,20)14-7-5-12(6-8-14)9-15-11(2)17/h5-8,13,16,18H,3-4,9-10H2,1-2H3,(H,15,17). The molecular weight excluding hydrogens is 292 g/mol. The smallest absolute Gasteiger partial charge is 0.240 e. The predicted molar refractivity (Wildman–Crippen MR) is 80.1 cm³/mol. The number of carbonyl (C=O) groups excluding carboxylic acids is 1. The number of aliphatic hydroxyl groups is 1. The normalized spacial score (nSPS) is 12.9. The number of rotatable bonds is 8. The number of aliphatic hydroxyl groups excluding tert-OH is 1. The van der Waals surface area contributed by atoms with Crippen LogP contribution in [0.25, 0.3) is 0 Å². The maximum atomic E-state index is 12.0. The molecule has 118 valence electrons. The summed E-state index contributed by atoms with van der Waals surface area (Å²) >= 11 is 0. The number of amides is 1. The predicted octanol–water partition coefficient (Wildman–Crippen LogP) is 0.762. The van der Waals surface area contributed by atoms with E-state index in [2.05, 4.69) is 10.0 Å². The average Bonchev–Trinajstić information content (AvgIpc) is 2.44. The van der Waals surface area contributed by atoms with E-state index in [9.17, 15) is 18.3 Å². The van der Waals surface area contributed by atoms with Crippen LogP contribution in [0, 0.1) is 0 Å². The van der Waals surface area contributed by atoms with Gasteiger partial charge in [-0.2, -0.15) is 0 Å². The number of nitrogens with one attached hydrogen (secondary N) is 2. The molecule has 0 bridgehead atoms. The molecule has 1 atom stereocenters. The van der Waals surface area contributed by atoms with Gasteiger partial charge in [-0.25, -0.2) is 13.1 Å². The van der Waals surface area contributed by atoms with Crippen molar-refractivity contribution in [2.75, 3.05) is 6.54 Å². The fraction of sp³-hybridized carbons (Fsp3) is 0.500. The number of hydrogen-bond donors (Lipinski definition) is 3. The molecule has 1 unspecified atom stereocenters. The highest BCUT2D eigenvalue weighted by atomic mass is 32.2. The van der Waals surface area contributed by atoms with Crippen LogP contribution in [0.5, 0.6) is 0 Å². The van der Waals surface area contributed by atoms with Gasteiger partial charge in [0.25, 0.3) is 0 Å². The Bertz CT molecular complexity index is 555. The summed E-state index contributed by atoms with van der Waals surface area (Å²) in [6.45, 7) is 3.71. The summed E-state index contributed by atoms with van der Waals surface area (Å²) in [5.74, 6) is -0.140. The summed E-state index contributed by atoms with van der Waals surface area (Å²) in [4.78, 5) is 10.9. The molecular formula is C14H22N2O4S. The van der Waals surface area contributed by atoms with Crippen molar-refractivity contribution in [3.63, 3.8) is 0 Å². The summed E-state index contributed by atoms with van der Waals surface area (Å²) in [5, 5.41) is 12.2. The molecule has 7 heteroatoms. The van der Waals surface area contributed by atoms with Crippen molar-refractivity contribution in [2.24, 2.45) is 0 Å². The zero-order chi connectivity index (χ0) is 15.9. The van der Waals surface area contributed by atoms with Crippen molar-refractivity contribution in [1.29, 1.82) is 0 Å². The Balaban J connectivity index is 2.64. The Kier molecular flexibility index (Phi) is 6.80. The highest BCUT2D eigenvalue weighted by Crippen LogP contribution is 2.10. The molecule has 0 aliphatic heterocycles. The van der Waals surface area contributed by atoms with Gasteiger partial charge in [0, 0.05) is 20.0 Å². The molecule has 0 saturated heterocycles. The molecule has 1 aromatic rings. The van der Waals surface area contributed by atoms with Gasteiger partial charge in [-0.15, -0.1) is 0 Å². The van der Waals surface area contributed by atoms with Crippen LogP contribution in [0.3, 0.4) is 0 Å². The fourth-order valence-electron chi connectivity index (χ4n) is 1.74. The van der Waals surface area contributed by atoms with Gasteiger partial charge in [0.1, 0.15) is 0 Å². The first-order chi connectivity index (χ1) is 9.85. The van der Waals surface area contributed by atoms with E-state index in [1.165, 1.54) is 19.1 Å². The van der Waals surface area contributed by atoms with Crippen LogP contribution in [0.2, 0.25) is 0 Å². The van der Waals surface area contributed by atoms with E-state index in [1.807, 2.05) is 6.92 Å². The van der Waals surface area contributed by atoms with Crippen LogP contribution in [-0.2, 0) is 21.4 Å². The van der Waals surface area contributed by atoms with E-state index in [0.29, 0.717) is 13.0 Å². The zero-order valence-electron chi connectivity index (χ0n) is 12.3. The number of carbonyl (C=O) groups is 1. The lowest BCUT2D eigenvalue weighted by atomic mass is 10.2. The van der Waals surface area contributed by atoms with Gasteiger partial charge in [0.05, 0.1) is 11.0 Å². The van der Waals surface area contributed by atoms with Gasteiger partial charge < -0.3 is 10.4 Å². The van der Waals surface area contributed by atoms with Crippen LogP contribution in [0.1, 0.15) is 32.3 Å². The number of benzene rings is 1. The third kappa shape index (κ3) is 6.24. The van der Waals surface area contributed by atoms with Gasteiger partial charge >= 0.3 is 0 Å². The van der Waals surface area contributed by atoms with Crippen LogP contribution in [0.15, 0.2) is 29.2 Å². The summed E-state index contributed by atoms with van der Waals surface area (Å²) in [6.07, 6.45) is 0.669. The first-order valence-corrected chi connectivity index (χ1v) is 8.34. The molecule has 1 aromatic carbocycles.